The van der Waals surface area contributed by atoms with Crippen molar-refractivity contribution in [3.8, 4) is 0 Å². The molecule has 4 nitrogen and oxygen atoms in total. The molecule has 1 atom stereocenters. The number of hydrogen-bond acceptors (Lipinski definition) is 4. The van der Waals surface area contributed by atoms with Crippen molar-refractivity contribution < 1.29 is 4.42 Å². The third-order valence-corrected chi connectivity index (χ3v) is 6.37. The van der Waals surface area contributed by atoms with Crippen LogP contribution in [-0.4, -0.2) is 5.17 Å². The van der Waals surface area contributed by atoms with Crippen molar-refractivity contribution >= 4 is 33.6 Å². The molecular weight excluding hydrogens is 392 g/mol. The Hall–Kier alpha value is -2.53. The van der Waals surface area contributed by atoms with Crippen molar-refractivity contribution in [3.63, 3.8) is 0 Å². The predicted molar refractivity (Wildman–Crippen MR) is 129 cm³/mol. The van der Waals surface area contributed by atoms with Crippen LogP contribution in [0.2, 0.25) is 0 Å². The van der Waals surface area contributed by atoms with Gasteiger partial charge in [0.25, 0.3) is 0 Å². The van der Waals surface area contributed by atoms with Gasteiger partial charge in [-0.25, -0.2) is 9.79 Å². The molecule has 0 radical (unpaired) electrons. The smallest absolute Gasteiger partial charge is 0.336 e. The summed E-state index contributed by atoms with van der Waals surface area (Å²) in [5, 5.41) is 1.44. The van der Waals surface area contributed by atoms with Crippen molar-refractivity contribution in [2.75, 3.05) is 0 Å². The minimum Gasteiger partial charge on any atom is -0.423 e. The Labute approximate surface area is 182 Å². The van der Waals surface area contributed by atoms with Gasteiger partial charge in [-0.05, 0) is 71.7 Å². The van der Waals surface area contributed by atoms with Gasteiger partial charge in [0, 0.05) is 17.2 Å². The van der Waals surface area contributed by atoms with Gasteiger partial charge in [0.15, 0.2) is 5.17 Å². The lowest BCUT2D eigenvalue weighted by atomic mass is 9.95. The monoisotopic (exact) mass is 422 g/mol. The van der Waals surface area contributed by atoms with Crippen LogP contribution in [0.5, 0.6) is 0 Å². The second-order valence-electron chi connectivity index (χ2n) is 8.09. The first kappa shape index (κ1) is 22.2. The number of aliphatic imine (C=N–C) groups is 1. The molecule has 30 heavy (non-hydrogen) atoms. The molecule has 0 unspecified atom stereocenters. The molecule has 158 valence electrons. The molecule has 0 bridgehead atoms. The van der Waals surface area contributed by atoms with Crippen molar-refractivity contribution in [1.29, 1.82) is 0 Å². The number of aryl methyl sites for hydroxylation is 1. The van der Waals surface area contributed by atoms with Crippen LogP contribution in [0.3, 0.4) is 0 Å². The molecule has 2 N–H and O–H groups in total. The van der Waals surface area contributed by atoms with E-state index < -0.39 is 0 Å². The molecule has 5 heteroatoms. The van der Waals surface area contributed by atoms with Crippen LogP contribution in [0.15, 0.2) is 56.7 Å². The van der Waals surface area contributed by atoms with E-state index in [0.717, 1.165) is 28.6 Å². The number of benzene rings is 2. The fourth-order valence-corrected chi connectivity index (χ4v) is 4.27. The summed E-state index contributed by atoms with van der Waals surface area (Å²) >= 11 is 1.43. The number of hydrogen-bond donors (Lipinski definition) is 1. The highest BCUT2D eigenvalue weighted by Crippen LogP contribution is 2.29. The van der Waals surface area contributed by atoms with E-state index in [1.54, 1.807) is 6.07 Å². The van der Waals surface area contributed by atoms with Crippen LogP contribution >= 0.6 is 11.8 Å². The molecule has 0 aliphatic carbocycles. The van der Waals surface area contributed by atoms with Crippen molar-refractivity contribution in [2.24, 2.45) is 10.7 Å². The highest BCUT2D eigenvalue weighted by atomic mass is 32.2. The zero-order chi connectivity index (χ0) is 21.8. The van der Waals surface area contributed by atoms with E-state index in [4.69, 9.17) is 10.2 Å². The molecule has 1 heterocycles. The zero-order valence-electron chi connectivity index (χ0n) is 18.4. The maximum atomic E-state index is 12.0. The fourth-order valence-electron chi connectivity index (χ4n) is 3.56. The van der Waals surface area contributed by atoms with Gasteiger partial charge in [0.2, 0.25) is 0 Å². The second kappa shape index (κ2) is 9.52. The molecule has 0 fully saturated rings. The highest BCUT2D eigenvalue weighted by Gasteiger charge is 2.12. The number of thioether (sulfide) groups is 1. The summed E-state index contributed by atoms with van der Waals surface area (Å²) in [4.78, 5) is 16.6. The van der Waals surface area contributed by atoms with Crippen LogP contribution in [0.1, 0.15) is 68.2 Å². The van der Waals surface area contributed by atoms with E-state index in [1.807, 2.05) is 25.1 Å². The summed E-state index contributed by atoms with van der Waals surface area (Å²) < 4.78 is 5.43. The molecule has 0 amide bonds. The number of nitrogens with two attached hydrogens (primary N) is 1. The molecule has 3 aromatic rings. The normalized spacial score (nSPS) is 13.2. The van der Waals surface area contributed by atoms with E-state index in [2.05, 4.69) is 50.9 Å². The molecule has 0 spiro atoms. The van der Waals surface area contributed by atoms with Gasteiger partial charge >= 0.3 is 5.63 Å². The van der Waals surface area contributed by atoms with E-state index >= 15 is 0 Å². The van der Waals surface area contributed by atoms with Crippen LogP contribution in [-0.2, 0) is 5.75 Å². The molecule has 0 saturated heterocycles. The van der Waals surface area contributed by atoms with Crippen molar-refractivity contribution in [3.05, 3.63) is 75.1 Å². The average Bonchev–Trinajstić information content (AvgIpc) is 2.71. The van der Waals surface area contributed by atoms with Gasteiger partial charge in [0.05, 0.1) is 5.69 Å². The van der Waals surface area contributed by atoms with Crippen LogP contribution in [0, 0.1) is 6.92 Å². The predicted octanol–water partition coefficient (Wildman–Crippen LogP) is 6.62. The van der Waals surface area contributed by atoms with E-state index in [0.29, 0.717) is 28.3 Å². The lowest BCUT2D eigenvalue weighted by Crippen LogP contribution is -2.08. The molecule has 0 saturated carbocycles. The van der Waals surface area contributed by atoms with Gasteiger partial charge in [-0.1, -0.05) is 51.6 Å². The van der Waals surface area contributed by atoms with Gasteiger partial charge in [-0.3, -0.25) is 0 Å². The van der Waals surface area contributed by atoms with Crippen LogP contribution < -0.4 is 11.4 Å². The Morgan fingerprint density at radius 1 is 1.13 bits per heavy atom. The minimum absolute atomic E-state index is 0.342. The summed E-state index contributed by atoms with van der Waals surface area (Å²) in [6.07, 6.45) is 1.11. The van der Waals surface area contributed by atoms with E-state index in [9.17, 15) is 4.79 Å². The lowest BCUT2D eigenvalue weighted by Gasteiger charge is -2.13. The topological polar surface area (TPSA) is 68.6 Å². The van der Waals surface area contributed by atoms with Gasteiger partial charge in [-0.2, -0.15) is 0 Å². The summed E-state index contributed by atoms with van der Waals surface area (Å²) in [7, 11) is 0. The third-order valence-electron chi connectivity index (χ3n) is 5.53. The molecule has 2 aromatic carbocycles. The average molecular weight is 423 g/mol. The number of nitrogens with zero attached hydrogens (tertiary/aromatic N) is 1. The van der Waals surface area contributed by atoms with Gasteiger partial charge < -0.3 is 10.2 Å². The Morgan fingerprint density at radius 2 is 1.83 bits per heavy atom. The quantitative estimate of drug-likeness (QED) is 0.275. The second-order valence-corrected chi connectivity index (χ2v) is 9.09. The molecular formula is C25H30N2O2S. The Morgan fingerprint density at radius 3 is 2.47 bits per heavy atom. The highest BCUT2D eigenvalue weighted by molar-refractivity contribution is 8.13. The number of fused-ring (bicyclic) bond motifs is 1. The van der Waals surface area contributed by atoms with Gasteiger partial charge in [-0.15, -0.1) is 0 Å². The summed E-state index contributed by atoms with van der Waals surface area (Å²) in [6.45, 7) is 10.8. The van der Waals surface area contributed by atoms with E-state index in [1.165, 1.54) is 22.9 Å². The third kappa shape index (κ3) is 5.14. The molecule has 1 aromatic heterocycles. The van der Waals surface area contributed by atoms with E-state index in [-0.39, 0.29) is 5.63 Å². The number of amidine groups is 1. The largest absolute Gasteiger partial charge is 0.423 e. The van der Waals surface area contributed by atoms with Gasteiger partial charge in [0.1, 0.15) is 5.58 Å². The summed E-state index contributed by atoms with van der Waals surface area (Å²) in [6, 6.07) is 13.9. The molecule has 0 aliphatic heterocycles. The Bertz CT molecular complexity index is 1110. The standard InChI is InChI=1S/C25H30N2O2S/c1-6-16(4)18-7-9-20(10-8-18)27-25(26)30-14-19-12-24(28)29-23-11-17(5)21(15(2)3)13-22(19)23/h7-13,15-16H,6,14H2,1-5H3,(H2,26,27)/t16-/m0/s1. The summed E-state index contributed by atoms with van der Waals surface area (Å²) in [5.74, 6) is 1.49. The fraction of sp³-hybridized carbons (Fsp3) is 0.360. The summed E-state index contributed by atoms with van der Waals surface area (Å²) in [5.41, 5.74) is 11.9. The number of rotatable bonds is 6. The van der Waals surface area contributed by atoms with Crippen molar-refractivity contribution in [1.82, 2.24) is 0 Å². The maximum absolute atomic E-state index is 12.0. The van der Waals surface area contributed by atoms with Crippen molar-refractivity contribution in [2.45, 2.75) is 58.6 Å². The first-order chi connectivity index (χ1) is 14.3. The minimum atomic E-state index is -0.342. The Balaban J connectivity index is 1.83. The molecule has 0 aliphatic rings. The maximum Gasteiger partial charge on any atom is 0.336 e. The Kier molecular flexibility index (Phi) is 7.03. The first-order valence-corrected chi connectivity index (χ1v) is 11.4. The SMILES string of the molecule is CC[C@H](C)c1ccc(N=C(N)SCc2cc(=O)oc3cc(C)c(C(C)C)cc23)cc1. The first-order valence-electron chi connectivity index (χ1n) is 10.4. The van der Waals surface area contributed by atoms with Crippen LogP contribution in [0.25, 0.3) is 11.0 Å². The zero-order valence-corrected chi connectivity index (χ0v) is 19.2. The molecule has 3 rings (SSSR count). The lowest BCUT2D eigenvalue weighted by molar-refractivity contribution is 0.559. The van der Waals surface area contributed by atoms with Crippen LogP contribution in [0.4, 0.5) is 5.69 Å².